The third-order valence-corrected chi connectivity index (χ3v) is 6.81. The zero-order valence-corrected chi connectivity index (χ0v) is 17.3. The van der Waals surface area contributed by atoms with Crippen molar-refractivity contribution >= 4 is 22.6 Å². The van der Waals surface area contributed by atoms with E-state index >= 15 is 0 Å². The summed E-state index contributed by atoms with van der Waals surface area (Å²) < 4.78 is 0. The second-order valence-corrected chi connectivity index (χ2v) is 8.63. The van der Waals surface area contributed by atoms with Crippen molar-refractivity contribution in [3.05, 3.63) is 77.5 Å². The van der Waals surface area contributed by atoms with Gasteiger partial charge in [-0.3, -0.25) is 9.59 Å². The van der Waals surface area contributed by atoms with Crippen molar-refractivity contribution in [2.45, 2.75) is 32.1 Å². The number of carbonyl (C=O) groups excluding carboxylic acids is 2. The van der Waals surface area contributed by atoms with Crippen LogP contribution in [0.5, 0.6) is 0 Å². The van der Waals surface area contributed by atoms with Crippen LogP contribution in [0.2, 0.25) is 0 Å². The SMILES string of the molecule is C[C@@H]1[C@@H](c2ccccc2)c2cc3ccccc3nc2C(=O)C[C@@H]1C(=O)N1CCCC1. The van der Waals surface area contributed by atoms with E-state index in [-0.39, 0.29) is 35.9 Å². The number of rotatable bonds is 2. The topological polar surface area (TPSA) is 50.3 Å². The van der Waals surface area contributed by atoms with E-state index in [0.717, 1.165) is 48.0 Å². The van der Waals surface area contributed by atoms with Gasteiger partial charge in [0, 0.05) is 36.7 Å². The van der Waals surface area contributed by atoms with Gasteiger partial charge in [-0.05, 0) is 42.0 Å². The van der Waals surface area contributed by atoms with Gasteiger partial charge in [0.15, 0.2) is 5.78 Å². The number of pyridine rings is 1. The highest BCUT2D eigenvalue weighted by molar-refractivity contribution is 6.01. The molecule has 4 nitrogen and oxygen atoms in total. The molecule has 4 heteroatoms. The first kappa shape index (κ1) is 19.0. The van der Waals surface area contributed by atoms with Crippen LogP contribution in [0.4, 0.5) is 0 Å². The first-order chi connectivity index (χ1) is 14.6. The predicted molar refractivity (Wildman–Crippen MR) is 117 cm³/mol. The van der Waals surface area contributed by atoms with Crippen molar-refractivity contribution in [3.63, 3.8) is 0 Å². The molecule has 30 heavy (non-hydrogen) atoms. The highest BCUT2D eigenvalue weighted by Gasteiger charge is 2.41. The molecule has 3 atom stereocenters. The summed E-state index contributed by atoms with van der Waals surface area (Å²) >= 11 is 0. The fraction of sp³-hybridized carbons (Fsp3) is 0.346. The number of benzene rings is 2. The number of ketones is 1. The number of nitrogens with zero attached hydrogens (tertiary/aromatic N) is 2. The summed E-state index contributed by atoms with van der Waals surface area (Å²) in [7, 11) is 0. The van der Waals surface area contributed by atoms with E-state index in [4.69, 9.17) is 4.98 Å². The largest absolute Gasteiger partial charge is 0.342 e. The maximum absolute atomic E-state index is 13.4. The highest BCUT2D eigenvalue weighted by Crippen LogP contribution is 2.43. The fourth-order valence-electron chi connectivity index (χ4n) is 5.22. The van der Waals surface area contributed by atoms with Crippen LogP contribution < -0.4 is 0 Å². The van der Waals surface area contributed by atoms with Crippen LogP contribution in [0.15, 0.2) is 60.7 Å². The van der Waals surface area contributed by atoms with Crippen LogP contribution in [0.1, 0.15) is 53.7 Å². The molecule has 2 heterocycles. The first-order valence-electron chi connectivity index (χ1n) is 10.9. The molecule has 1 saturated heterocycles. The van der Waals surface area contributed by atoms with E-state index in [1.54, 1.807) is 0 Å². The Kier molecular flexibility index (Phi) is 4.86. The van der Waals surface area contributed by atoms with Crippen molar-refractivity contribution in [2.75, 3.05) is 13.1 Å². The van der Waals surface area contributed by atoms with Crippen LogP contribution in [-0.2, 0) is 4.79 Å². The zero-order chi connectivity index (χ0) is 20.7. The lowest BCUT2D eigenvalue weighted by Crippen LogP contribution is -2.38. The molecule has 152 valence electrons. The summed E-state index contributed by atoms with van der Waals surface area (Å²) in [5.74, 6) is -0.238. The number of fused-ring (bicyclic) bond motifs is 2. The molecule has 0 unspecified atom stereocenters. The number of Topliss-reactive ketones (excluding diaryl/α,β-unsaturated/α-hetero) is 1. The lowest BCUT2D eigenvalue weighted by atomic mass is 9.75. The third-order valence-electron chi connectivity index (χ3n) is 6.81. The van der Waals surface area contributed by atoms with E-state index < -0.39 is 0 Å². The van der Waals surface area contributed by atoms with Crippen LogP contribution in [0.3, 0.4) is 0 Å². The smallest absolute Gasteiger partial charge is 0.226 e. The molecule has 0 N–H and O–H groups in total. The second kappa shape index (κ2) is 7.67. The monoisotopic (exact) mass is 398 g/mol. The highest BCUT2D eigenvalue weighted by atomic mass is 16.2. The lowest BCUT2D eigenvalue weighted by Gasteiger charge is -2.31. The van der Waals surface area contributed by atoms with Gasteiger partial charge in [0.05, 0.1) is 5.52 Å². The van der Waals surface area contributed by atoms with Gasteiger partial charge in [-0.25, -0.2) is 4.98 Å². The van der Waals surface area contributed by atoms with Crippen molar-refractivity contribution in [2.24, 2.45) is 11.8 Å². The van der Waals surface area contributed by atoms with Gasteiger partial charge >= 0.3 is 0 Å². The standard InChI is InChI=1S/C26H26N2O2/c1-17-20(26(30)28-13-7-8-14-28)16-23(29)25-21(24(17)18-9-3-2-4-10-18)15-19-11-5-6-12-22(19)27-25/h2-6,9-12,15,17,20,24H,7-8,13-14,16H2,1H3/t17-,20-,24-/m0/s1. The molecule has 5 rings (SSSR count). The molecule has 2 aliphatic rings. The van der Waals surface area contributed by atoms with E-state index in [2.05, 4.69) is 25.1 Å². The number of amides is 1. The Morgan fingerprint density at radius 3 is 2.47 bits per heavy atom. The summed E-state index contributed by atoms with van der Waals surface area (Å²) in [6, 6.07) is 20.3. The Bertz CT molecular complexity index is 1100. The Morgan fingerprint density at radius 1 is 1.00 bits per heavy atom. The normalized spacial score (nSPS) is 24.0. The minimum atomic E-state index is -0.321. The Labute approximate surface area is 176 Å². The maximum atomic E-state index is 13.4. The van der Waals surface area contributed by atoms with Gasteiger partial charge in [-0.2, -0.15) is 0 Å². The number of carbonyl (C=O) groups is 2. The molecular weight excluding hydrogens is 372 g/mol. The molecule has 1 aliphatic heterocycles. The Hall–Kier alpha value is -3.01. The van der Waals surface area contributed by atoms with E-state index in [9.17, 15) is 9.59 Å². The molecule has 1 aliphatic carbocycles. The van der Waals surface area contributed by atoms with Crippen LogP contribution in [-0.4, -0.2) is 34.7 Å². The molecule has 1 amide bonds. The minimum absolute atomic E-state index is 0.00802. The predicted octanol–water partition coefficient (Wildman–Crippen LogP) is 4.83. The van der Waals surface area contributed by atoms with Crippen LogP contribution in [0, 0.1) is 11.8 Å². The van der Waals surface area contributed by atoms with Crippen molar-refractivity contribution in [1.29, 1.82) is 0 Å². The first-order valence-corrected chi connectivity index (χ1v) is 10.9. The Morgan fingerprint density at radius 2 is 1.70 bits per heavy atom. The van der Waals surface area contributed by atoms with Gasteiger partial charge in [0.2, 0.25) is 5.91 Å². The summed E-state index contributed by atoms with van der Waals surface area (Å²) in [6.07, 6.45) is 2.34. The molecule has 1 aromatic heterocycles. The number of hydrogen-bond acceptors (Lipinski definition) is 3. The van der Waals surface area contributed by atoms with Gasteiger partial charge < -0.3 is 4.90 Å². The zero-order valence-electron chi connectivity index (χ0n) is 17.3. The van der Waals surface area contributed by atoms with Crippen molar-refractivity contribution < 1.29 is 9.59 Å². The summed E-state index contributed by atoms with van der Waals surface area (Å²) in [4.78, 5) is 33.5. The molecule has 3 aromatic rings. The summed E-state index contributed by atoms with van der Waals surface area (Å²) in [6.45, 7) is 3.75. The number of para-hydroxylation sites is 1. The maximum Gasteiger partial charge on any atom is 0.226 e. The third kappa shape index (κ3) is 3.20. The van der Waals surface area contributed by atoms with Gasteiger partial charge in [-0.1, -0.05) is 55.5 Å². The second-order valence-electron chi connectivity index (χ2n) is 8.63. The molecule has 0 spiro atoms. The fourth-order valence-corrected chi connectivity index (χ4v) is 5.22. The van der Waals surface area contributed by atoms with Crippen molar-refractivity contribution in [1.82, 2.24) is 9.88 Å². The molecule has 0 bridgehead atoms. The molecule has 1 fully saturated rings. The van der Waals surface area contributed by atoms with E-state index in [1.807, 2.05) is 47.4 Å². The van der Waals surface area contributed by atoms with Crippen molar-refractivity contribution in [3.8, 4) is 0 Å². The Balaban J connectivity index is 1.67. The van der Waals surface area contributed by atoms with Gasteiger partial charge in [0.25, 0.3) is 0 Å². The average molecular weight is 399 g/mol. The van der Waals surface area contributed by atoms with Gasteiger partial charge in [-0.15, -0.1) is 0 Å². The van der Waals surface area contributed by atoms with E-state index in [0.29, 0.717) is 5.69 Å². The minimum Gasteiger partial charge on any atom is -0.342 e. The number of aromatic nitrogens is 1. The van der Waals surface area contributed by atoms with Crippen LogP contribution >= 0.6 is 0 Å². The molecule has 0 radical (unpaired) electrons. The number of hydrogen-bond donors (Lipinski definition) is 0. The summed E-state index contributed by atoms with van der Waals surface area (Å²) in [5.41, 5.74) is 3.45. The lowest BCUT2D eigenvalue weighted by molar-refractivity contribution is -0.136. The number of likely N-dealkylation sites (tertiary alicyclic amines) is 1. The average Bonchev–Trinajstić information content (AvgIpc) is 3.29. The quantitative estimate of drug-likeness (QED) is 0.581. The molecule has 2 aromatic carbocycles. The summed E-state index contributed by atoms with van der Waals surface area (Å²) in [5, 5.41) is 1.03. The van der Waals surface area contributed by atoms with Crippen LogP contribution in [0.25, 0.3) is 10.9 Å². The van der Waals surface area contributed by atoms with Gasteiger partial charge in [0.1, 0.15) is 5.69 Å². The molecular formula is C26H26N2O2. The van der Waals surface area contributed by atoms with E-state index in [1.165, 1.54) is 0 Å². The molecule has 0 saturated carbocycles.